The summed E-state index contributed by atoms with van der Waals surface area (Å²) in [4.78, 5) is 23.9. The van der Waals surface area contributed by atoms with Crippen molar-refractivity contribution in [2.24, 2.45) is 0 Å². The van der Waals surface area contributed by atoms with Crippen molar-refractivity contribution in [1.82, 2.24) is 5.32 Å². The van der Waals surface area contributed by atoms with Crippen LogP contribution in [0, 0.1) is 0 Å². The lowest BCUT2D eigenvalue weighted by Gasteiger charge is -2.11. The molecule has 0 saturated carbocycles. The molecule has 0 unspecified atom stereocenters. The van der Waals surface area contributed by atoms with Crippen LogP contribution in [-0.2, 0) is 20.7 Å². The Morgan fingerprint density at radius 2 is 1.89 bits per heavy atom. The van der Waals surface area contributed by atoms with Crippen LogP contribution in [0.2, 0.25) is 10.0 Å². The molecule has 5 nitrogen and oxygen atoms in total. The number of esters is 1. The van der Waals surface area contributed by atoms with E-state index in [1.54, 1.807) is 25.1 Å². The molecule has 3 aromatic rings. The number of fused-ring (bicyclic) bond motifs is 1. The fourth-order valence-corrected chi connectivity index (χ4v) is 2.90. The molecule has 7 heteroatoms. The van der Waals surface area contributed by atoms with Gasteiger partial charge in [0.05, 0.1) is 22.5 Å². The molecule has 0 radical (unpaired) electrons. The minimum absolute atomic E-state index is 0.00327. The number of carbonyl (C=O) groups excluding carboxylic acids is 2. The van der Waals surface area contributed by atoms with Gasteiger partial charge in [-0.25, -0.2) is 0 Å². The highest BCUT2D eigenvalue weighted by atomic mass is 35.5. The number of ether oxygens (including phenoxy) is 1. The van der Waals surface area contributed by atoms with Crippen LogP contribution in [0.4, 0.5) is 0 Å². The Hall–Kier alpha value is -2.50. The van der Waals surface area contributed by atoms with Crippen molar-refractivity contribution in [3.63, 3.8) is 0 Å². The van der Waals surface area contributed by atoms with E-state index in [2.05, 4.69) is 5.32 Å². The molecule has 1 heterocycles. The summed E-state index contributed by atoms with van der Waals surface area (Å²) in [6.07, 6.45) is 0.00327. The predicted molar refractivity (Wildman–Crippen MR) is 104 cm³/mol. The third-order valence-corrected chi connectivity index (χ3v) is 4.68. The molecule has 0 aliphatic carbocycles. The molecule has 0 aliphatic rings. The number of rotatable bonds is 6. The Bertz CT molecular complexity index is 950. The maximum atomic E-state index is 12.0. The lowest BCUT2D eigenvalue weighted by molar-refractivity contribution is -0.148. The average molecular weight is 406 g/mol. The second-order valence-electron chi connectivity index (χ2n) is 6.06. The van der Waals surface area contributed by atoms with Gasteiger partial charge in [0.1, 0.15) is 11.3 Å². The first-order valence-electron chi connectivity index (χ1n) is 8.30. The predicted octanol–water partition coefficient (Wildman–Crippen LogP) is 4.70. The van der Waals surface area contributed by atoms with Crippen molar-refractivity contribution in [3.8, 4) is 0 Å². The van der Waals surface area contributed by atoms with Crippen molar-refractivity contribution >= 4 is 46.0 Å². The van der Waals surface area contributed by atoms with Crippen LogP contribution in [0.15, 0.2) is 52.9 Å². The van der Waals surface area contributed by atoms with Gasteiger partial charge in [-0.05, 0) is 36.8 Å². The summed E-state index contributed by atoms with van der Waals surface area (Å²) in [5.74, 6) is -0.308. The lowest BCUT2D eigenvalue weighted by Crippen LogP contribution is -2.31. The number of carbonyl (C=O) groups is 2. The number of hydrogen-bond donors (Lipinski definition) is 1. The van der Waals surface area contributed by atoms with Crippen LogP contribution >= 0.6 is 23.2 Å². The van der Waals surface area contributed by atoms with Crippen LogP contribution in [0.3, 0.4) is 0 Å². The van der Waals surface area contributed by atoms with E-state index < -0.39 is 11.9 Å². The molecule has 0 spiro atoms. The summed E-state index contributed by atoms with van der Waals surface area (Å²) >= 11 is 11.7. The maximum absolute atomic E-state index is 12.0. The number of amides is 1. The minimum atomic E-state index is -0.528. The lowest BCUT2D eigenvalue weighted by atomic mass is 10.1. The Morgan fingerprint density at radius 3 is 2.63 bits per heavy atom. The summed E-state index contributed by atoms with van der Waals surface area (Å²) in [6, 6.07) is 14.0. The molecule has 1 aromatic heterocycles. The molecule has 1 N–H and O–H groups in total. The fourth-order valence-electron chi connectivity index (χ4n) is 2.58. The standard InChI is InChI=1S/C20H17Cl2NO4/c1-12(18-10-14-4-2-3-5-17(14)27-18)23-19(24)11-26-20(25)9-13-6-7-15(21)16(22)8-13/h2-8,10,12H,9,11H2,1H3,(H,23,24)/t12-/m1/s1. The van der Waals surface area contributed by atoms with E-state index in [1.807, 2.05) is 30.3 Å². The average Bonchev–Trinajstić information content (AvgIpc) is 3.07. The SMILES string of the molecule is C[C@@H](NC(=O)COC(=O)Cc1ccc(Cl)c(Cl)c1)c1cc2ccccc2o1. The van der Waals surface area contributed by atoms with Gasteiger partial charge in [-0.1, -0.05) is 47.5 Å². The van der Waals surface area contributed by atoms with Gasteiger partial charge in [-0.2, -0.15) is 0 Å². The molecule has 1 atom stereocenters. The summed E-state index contributed by atoms with van der Waals surface area (Å²) in [6.45, 7) is 1.43. The summed E-state index contributed by atoms with van der Waals surface area (Å²) in [7, 11) is 0. The van der Waals surface area contributed by atoms with Crippen LogP contribution in [0.25, 0.3) is 11.0 Å². The molecule has 140 valence electrons. The minimum Gasteiger partial charge on any atom is -0.459 e. The van der Waals surface area contributed by atoms with Crippen molar-refractivity contribution in [3.05, 3.63) is 69.9 Å². The Morgan fingerprint density at radius 1 is 1.11 bits per heavy atom. The summed E-state index contributed by atoms with van der Waals surface area (Å²) in [5.41, 5.74) is 1.41. The first-order chi connectivity index (χ1) is 12.9. The maximum Gasteiger partial charge on any atom is 0.310 e. The molecule has 0 bridgehead atoms. The van der Waals surface area contributed by atoms with Crippen molar-refractivity contribution in [1.29, 1.82) is 0 Å². The van der Waals surface area contributed by atoms with E-state index in [1.165, 1.54) is 0 Å². The highest BCUT2D eigenvalue weighted by Gasteiger charge is 2.16. The molecule has 0 aliphatic heterocycles. The Balaban J connectivity index is 1.49. The van der Waals surface area contributed by atoms with Crippen LogP contribution < -0.4 is 5.32 Å². The zero-order valence-electron chi connectivity index (χ0n) is 14.5. The molecule has 27 heavy (non-hydrogen) atoms. The topological polar surface area (TPSA) is 68.5 Å². The number of hydrogen-bond acceptors (Lipinski definition) is 4. The Labute approximate surface area is 166 Å². The van der Waals surface area contributed by atoms with E-state index in [0.717, 1.165) is 11.0 Å². The van der Waals surface area contributed by atoms with Gasteiger partial charge >= 0.3 is 5.97 Å². The van der Waals surface area contributed by atoms with Gasteiger partial charge in [-0.3, -0.25) is 9.59 Å². The third-order valence-electron chi connectivity index (χ3n) is 3.95. The quantitative estimate of drug-likeness (QED) is 0.603. The zero-order chi connectivity index (χ0) is 19.4. The van der Waals surface area contributed by atoms with Gasteiger partial charge < -0.3 is 14.5 Å². The second kappa shape index (κ2) is 8.46. The largest absolute Gasteiger partial charge is 0.459 e. The molecule has 1 amide bonds. The van der Waals surface area contributed by atoms with E-state index in [4.69, 9.17) is 32.4 Å². The smallest absolute Gasteiger partial charge is 0.310 e. The first kappa shape index (κ1) is 19.3. The number of halogens is 2. The van der Waals surface area contributed by atoms with Gasteiger partial charge in [0.15, 0.2) is 6.61 Å². The third kappa shape index (κ3) is 5.02. The van der Waals surface area contributed by atoms with Gasteiger partial charge in [0.2, 0.25) is 0 Å². The van der Waals surface area contributed by atoms with Gasteiger partial charge in [0.25, 0.3) is 5.91 Å². The molecular formula is C20H17Cl2NO4. The number of furan rings is 1. The monoisotopic (exact) mass is 405 g/mol. The van der Waals surface area contributed by atoms with Gasteiger partial charge in [0, 0.05) is 5.39 Å². The van der Waals surface area contributed by atoms with Gasteiger partial charge in [-0.15, -0.1) is 0 Å². The second-order valence-corrected chi connectivity index (χ2v) is 6.88. The van der Waals surface area contributed by atoms with E-state index >= 15 is 0 Å². The van der Waals surface area contributed by atoms with E-state index in [0.29, 0.717) is 21.4 Å². The fraction of sp³-hybridized carbons (Fsp3) is 0.200. The van der Waals surface area contributed by atoms with E-state index in [9.17, 15) is 9.59 Å². The van der Waals surface area contributed by atoms with Crippen LogP contribution in [0.1, 0.15) is 24.3 Å². The summed E-state index contributed by atoms with van der Waals surface area (Å²) < 4.78 is 10.7. The number of nitrogens with one attached hydrogen (secondary N) is 1. The highest BCUT2D eigenvalue weighted by molar-refractivity contribution is 6.42. The molecule has 0 fully saturated rings. The number of para-hydroxylation sites is 1. The Kier molecular flexibility index (Phi) is 6.04. The molecule has 0 saturated heterocycles. The highest BCUT2D eigenvalue weighted by Crippen LogP contribution is 2.24. The molecular weight excluding hydrogens is 389 g/mol. The summed E-state index contributed by atoms with van der Waals surface area (Å²) in [5, 5.41) is 4.47. The van der Waals surface area contributed by atoms with E-state index in [-0.39, 0.29) is 19.1 Å². The first-order valence-corrected chi connectivity index (χ1v) is 9.05. The zero-order valence-corrected chi connectivity index (χ0v) is 16.0. The molecule has 2 aromatic carbocycles. The normalized spacial score (nSPS) is 12.0. The van der Waals surface area contributed by atoms with Crippen molar-refractivity contribution in [2.45, 2.75) is 19.4 Å². The number of benzene rings is 2. The molecule has 3 rings (SSSR count). The van der Waals surface area contributed by atoms with Crippen LogP contribution in [-0.4, -0.2) is 18.5 Å². The van der Waals surface area contributed by atoms with Crippen molar-refractivity contribution < 1.29 is 18.7 Å². The van der Waals surface area contributed by atoms with Crippen LogP contribution in [0.5, 0.6) is 0 Å². The van der Waals surface area contributed by atoms with Crippen molar-refractivity contribution in [2.75, 3.05) is 6.61 Å².